The maximum absolute atomic E-state index is 13.6. The van der Waals surface area contributed by atoms with E-state index in [1.165, 1.54) is 12.1 Å². The Morgan fingerprint density at radius 3 is 3.09 bits per heavy atom. The molecule has 1 saturated heterocycles. The highest BCUT2D eigenvalue weighted by Crippen LogP contribution is 2.21. The molecule has 0 bridgehead atoms. The number of rotatable bonds is 7. The highest BCUT2D eigenvalue weighted by atomic mass is 79.9. The minimum Gasteiger partial charge on any atom is -0.481 e. The van der Waals surface area contributed by atoms with Crippen molar-refractivity contribution in [3.8, 4) is 5.75 Å². The first-order chi connectivity index (χ1) is 10.5. The largest absolute Gasteiger partial charge is 0.481 e. The topological polar surface area (TPSA) is 47.6 Å². The predicted molar refractivity (Wildman–Crippen MR) is 85.4 cm³/mol. The van der Waals surface area contributed by atoms with Crippen LogP contribution in [0.25, 0.3) is 0 Å². The Hall–Kier alpha value is -1.14. The van der Waals surface area contributed by atoms with Crippen molar-refractivity contribution in [1.29, 1.82) is 0 Å². The Morgan fingerprint density at radius 2 is 2.41 bits per heavy atom. The lowest BCUT2D eigenvalue weighted by Gasteiger charge is -2.16. The van der Waals surface area contributed by atoms with Crippen molar-refractivity contribution in [3.05, 3.63) is 28.5 Å². The Balaban J connectivity index is 1.68. The maximum atomic E-state index is 13.6. The van der Waals surface area contributed by atoms with Crippen LogP contribution in [0.5, 0.6) is 5.75 Å². The van der Waals surface area contributed by atoms with Crippen molar-refractivity contribution in [2.45, 2.75) is 44.8 Å². The molecule has 0 aromatic heterocycles. The number of halogens is 2. The van der Waals surface area contributed by atoms with Crippen LogP contribution in [-0.2, 0) is 9.53 Å². The van der Waals surface area contributed by atoms with Gasteiger partial charge in [-0.3, -0.25) is 4.79 Å². The fourth-order valence-corrected chi connectivity index (χ4v) is 2.77. The molecule has 0 aliphatic carbocycles. The van der Waals surface area contributed by atoms with E-state index >= 15 is 0 Å². The van der Waals surface area contributed by atoms with Crippen LogP contribution in [0, 0.1) is 5.82 Å². The summed E-state index contributed by atoms with van der Waals surface area (Å²) in [5.41, 5.74) is 0. The number of hydrogen-bond acceptors (Lipinski definition) is 3. The van der Waals surface area contributed by atoms with Crippen LogP contribution in [0.1, 0.15) is 32.6 Å². The van der Waals surface area contributed by atoms with Crippen molar-refractivity contribution in [2.24, 2.45) is 0 Å². The van der Waals surface area contributed by atoms with Crippen LogP contribution in [0.2, 0.25) is 0 Å². The molecule has 1 aromatic rings. The molecule has 2 unspecified atom stereocenters. The van der Waals surface area contributed by atoms with Gasteiger partial charge in [-0.1, -0.05) is 15.9 Å². The van der Waals surface area contributed by atoms with Crippen LogP contribution in [0.3, 0.4) is 0 Å². The second-order valence-corrected chi connectivity index (χ2v) is 6.46. The van der Waals surface area contributed by atoms with Crippen LogP contribution >= 0.6 is 15.9 Å². The average molecular weight is 374 g/mol. The molecule has 1 amide bonds. The smallest absolute Gasteiger partial charge is 0.258 e. The van der Waals surface area contributed by atoms with Crippen molar-refractivity contribution in [1.82, 2.24) is 5.32 Å². The van der Waals surface area contributed by atoms with Gasteiger partial charge in [0.2, 0.25) is 0 Å². The highest BCUT2D eigenvalue weighted by Gasteiger charge is 2.17. The number of nitrogens with one attached hydrogen (secondary N) is 1. The molecule has 1 heterocycles. The number of carbonyl (C=O) groups is 1. The fraction of sp³-hybridized carbons (Fsp3) is 0.562. The Morgan fingerprint density at radius 1 is 1.59 bits per heavy atom. The summed E-state index contributed by atoms with van der Waals surface area (Å²) in [7, 11) is 0. The zero-order valence-corrected chi connectivity index (χ0v) is 14.2. The van der Waals surface area contributed by atoms with Gasteiger partial charge in [0.1, 0.15) is 0 Å². The molecule has 22 heavy (non-hydrogen) atoms. The molecule has 6 heteroatoms. The second-order valence-electron chi connectivity index (χ2n) is 5.54. The quantitative estimate of drug-likeness (QED) is 0.796. The van der Waals surface area contributed by atoms with Crippen LogP contribution in [0.15, 0.2) is 22.7 Å². The molecule has 0 spiro atoms. The third kappa shape index (κ3) is 5.57. The van der Waals surface area contributed by atoms with Crippen molar-refractivity contribution < 1.29 is 18.7 Å². The zero-order chi connectivity index (χ0) is 15.9. The van der Waals surface area contributed by atoms with Crippen molar-refractivity contribution in [2.75, 3.05) is 13.2 Å². The SMILES string of the molecule is CC(CCC1CCCO1)NC(=O)COc1ccc(Br)cc1F. The third-order valence-electron chi connectivity index (χ3n) is 3.61. The van der Waals surface area contributed by atoms with E-state index in [9.17, 15) is 9.18 Å². The number of amides is 1. The van der Waals surface area contributed by atoms with Crippen molar-refractivity contribution in [3.63, 3.8) is 0 Å². The van der Waals surface area contributed by atoms with E-state index in [2.05, 4.69) is 21.2 Å². The summed E-state index contributed by atoms with van der Waals surface area (Å²) in [6.45, 7) is 2.61. The van der Waals surface area contributed by atoms with Gasteiger partial charge in [0.15, 0.2) is 18.2 Å². The van der Waals surface area contributed by atoms with Crippen molar-refractivity contribution >= 4 is 21.8 Å². The molecule has 0 saturated carbocycles. The van der Waals surface area contributed by atoms with Gasteiger partial charge in [0, 0.05) is 17.1 Å². The molecule has 1 N–H and O–H groups in total. The lowest BCUT2D eigenvalue weighted by Crippen LogP contribution is -2.36. The second kappa shape index (κ2) is 8.48. The van der Waals surface area contributed by atoms with Gasteiger partial charge in [-0.15, -0.1) is 0 Å². The number of benzene rings is 1. The first-order valence-corrected chi connectivity index (χ1v) is 8.32. The van der Waals surface area contributed by atoms with E-state index in [0.29, 0.717) is 10.6 Å². The minimum atomic E-state index is -0.492. The lowest BCUT2D eigenvalue weighted by molar-refractivity contribution is -0.123. The van der Waals surface area contributed by atoms with E-state index in [-0.39, 0.29) is 24.3 Å². The van der Waals surface area contributed by atoms with Crippen LogP contribution in [-0.4, -0.2) is 31.3 Å². The van der Waals surface area contributed by atoms with E-state index in [1.807, 2.05) is 6.92 Å². The average Bonchev–Trinajstić information content (AvgIpc) is 2.97. The van der Waals surface area contributed by atoms with Gasteiger partial charge >= 0.3 is 0 Å². The summed E-state index contributed by atoms with van der Waals surface area (Å²) in [6.07, 6.45) is 4.37. The van der Waals surface area contributed by atoms with E-state index in [1.54, 1.807) is 6.07 Å². The molecule has 4 nitrogen and oxygen atoms in total. The molecule has 2 rings (SSSR count). The molecule has 1 aliphatic heterocycles. The standard InChI is InChI=1S/C16H21BrFNO3/c1-11(4-6-13-3-2-8-21-13)19-16(20)10-22-15-7-5-12(17)9-14(15)18/h5,7,9,11,13H,2-4,6,8,10H2,1H3,(H,19,20). The molecular formula is C16H21BrFNO3. The molecular weight excluding hydrogens is 353 g/mol. The predicted octanol–water partition coefficient (Wildman–Crippen LogP) is 3.43. The van der Waals surface area contributed by atoms with Gasteiger partial charge in [-0.2, -0.15) is 0 Å². The highest BCUT2D eigenvalue weighted by molar-refractivity contribution is 9.10. The van der Waals surface area contributed by atoms with Crippen LogP contribution in [0.4, 0.5) is 4.39 Å². The summed E-state index contributed by atoms with van der Waals surface area (Å²) < 4.78 is 24.9. The van der Waals surface area contributed by atoms with Gasteiger partial charge in [0.25, 0.3) is 5.91 Å². The first-order valence-electron chi connectivity index (χ1n) is 7.53. The van der Waals surface area contributed by atoms with E-state index in [0.717, 1.165) is 32.3 Å². The number of hydrogen-bond donors (Lipinski definition) is 1. The zero-order valence-electron chi connectivity index (χ0n) is 12.6. The van der Waals surface area contributed by atoms with Gasteiger partial charge < -0.3 is 14.8 Å². The molecule has 1 aliphatic rings. The molecule has 1 aromatic carbocycles. The van der Waals surface area contributed by atoms with Crippen LogP contribution < -0.4 is 10.1 Å². The van der Waals surface area contributed by atoms with E-state index in [4.69, 9.17) is 9.47 Å². The molecule has 0 radical (unpaired) electrons. The Kier molecular flexibility index (Phi) is 6.64. The fourth-order valence-electron chi connectivity index (χ4n) is 2.43. The molecule has 2 atom stereocenters. The summed E-state index contributed by atoms with van der Waals surface area (Å²) in [4.78, 5) is 11.8. The van der Waals surface area contributed by atoms with E-state index < -0.39 is 5.82 Å². The summed E-state index contributed by atoms with van der Waals surface area (Å²) in [5, 5.41) is 2.85. The first kappa shape index (κ1) is 17.2. The summed E-state index contributed by atoms with van der Waals surface area (Å²) in [6, 6.07) is 4.51. The maximum Gasteiger partial charge on any atom is 0.258 e. The Labute approximate surface area is 138 Å². The Bertz CT molecular complexity index is 506. The summed E-state index contributed by atoms with van der Waals surface area (Å²) in [5.74, 6) is -0.666. The molecule has 1 fully saturated rings. The van der Waals surface area contributed by atoms with Gasteiger partial charge in [0.05, 0.1) is 6.10 Å². The monoisotopic (exact) mass is 373 g/mol. The minimum absolute atomic E-state index is 0.0510. The number of carbonyl (C=O) groups excluding carboxylic acids is 1. The number of ether oxygens (including phenoxy) is 2. The lowest BCUT2D eigenvalue weighted by atomic mass is 10.1. The van der Waals surface area contributed by atoms with Gasteiger partial charge in [-0.05, 0) is 50.8 Å². The third-order valence-corrected chi connectivity index (χ3v) is 4.10. The van der Waals surface area contributed by atoms with Gasteiger partial charge in [-0.25, -0.2) is 4.39 Å². The molecule has 122 valence electrons. The normalized spacial score (nSPS) is 19.0. The summed E-state index contributed by atoms with van der Waals surface area (Å²) >= 11 is 3.17.